The van der Waals surface area contributed by atoms with E-state index < -0.39 is 0 Å². The summed E-state index contributed by atoms with van der Waals surface area (Å²) in [6.45, 7) is 0. The number of nitrogen functional groups attached to an aromatic ring is 1. The minimum absolute atomic E-state index is 0.140. The summed E-state index contributed by atoms with van der Waals surface area (Å²) in [7, 11) is 1.77. The van der Waals surface area contributed by atoms with Crippen molar-refractivity contribution in [2.45, 2.75) is 5.16 Å². The van der Waals surface area contributed by atoms with Crippen molar-refractivity contribution in [1.29, 1.82) is 0 Å². The molecule has 0 aliphatic heterocycles. The van der Waals surface area contributed by atoms with E-state index in [2.05, 4.69) is 20.6 Å². The number of amides is 1. The largest absolute Gasteiger partial charge is 0.335 e. The van der Waals surface area contributed by atoms with Gasteiger partial charge in [-0.1, -0.05) is 41.6 Å². The van der Waals surface area contributed by atoms with E-state index in [-0.39, 0.29) is 11.7 Å². The fourth-order valence-electron chi connectivity index (χ4n) is 2.60. The molecule has 0 atom stereocenters. The third-order valence-corrected chi connectivity index (χ3v) is 6.09. The summed E-state index contributed by atoms with van der Waals surface area (Å²) in [5.74, 6) is 7.17. The van der Waals surface area contributed by atoms with Crippen molar-refractivity contribution in [3.05, 3.63) is 52.9 Å². The van der Waals surface area contributed by atoms with Crippen molar-refractivity contribution >= 4 is 46.4 Å². The molecule has 1 amide bonds. The van der Waals surface area contributed by atoms with E-state index in [1.807, 2.05) is 35.7 Å². The normalized spacial score (nSPS) is 11.0. The van der Waals surface area contributed by atoms with Crippen LogP contribution in [0.5, 0.6) is 0 Å². The summed E-state index contributed by atoms with van der Waals surface area (Å²) >= 11 is 8.67. The molecule has 3 N–H and O–H groups in total. The molecular weight excluding hydrogens is 430 g/mol. The highest BCUT2D eigenvalue weighted by atomic mass is 35.5. The number of halogens is 1. The maximum Gasteiger partial charge on any atom is 0.235 e. The number of thiophene rings is 1. The van der Waals surface area contributed by atoms with Gasteiger partial charge in [-0.05, 0) is 23.6 Å². The van der Waals surface area contributed by atoms with Gasteiger partial charge in [0.1, 0.15) is 5.82 Å². The lowest BCUT2D eigenvalue weighted by molar-refractivity contribution is -0.113. The minimum atomic E-state index is -0.193. The summed E-state index contributed by atoms with van der Waals surface area (Å²) in [4.78, 5) is 13.3. The number of nitrogens with one attached hydrogen (secondary N) is 1. The monoisotopic (exact) mass is 445 g/mol. The maximum atomic E-state index is 12.4. The van der Waals surface area contributed by atoms with Crippen LogP contribution in [0.25, 0.3) is 22.0 Å². The summed E-state index contributed by atoms with van der Waals surface area (Å²) in [6, 6.07) is 13.0. The molecule has 3 aromatic heterocycles. The van der Waals surface area contributed by atoms with Crippen molar-refractivity contribution in [2.24, 2.45) is 7.05 Å². The molecule has 0 aliphatic rings. The first-order chi connectivity index (χ1) is 14.0. The maximum absolute atomic E-state index is 12.4. The van der Waals surface area contributed by atoms with Crippen molar-refractivity contribution in [2.75, 3.05) is 16.9 Å². The highest BCUT2D eigenvalue weighted by molar-refractivity contribution is 7.99. The lowest BCUT2D eigenvalue weighted by Gasteiger charge is -2.05. The molecule has 0 aliphatic carbocycles. The molecule has 4 rings (SSSR count). The average molecular weight is 446 g/mol. The van der Waals surface area contributed by atoms with Crippen molar-refractivity contribution in [3.8, 4) is 22.0 Å². The number of nitrogens with two attached hydrogens (primary N) is 1. The van der Waals surface area contributed by atoms with Gasteiger partial charge in [-0.25, -0.2) is 4.68 Å². The topological polar surface area (TPSA) is 104 Å². The Morgan fingerprint density at radius 2 is 2.07 bits per heavy atom. The number of rotatable bonds is 6. The van der Waals surface area contributed by atoms with Crippen LogP contribution in [0, 0.1) is 0 Å². The molecule has 0 spiro atoms. The quantitative estimate of drug-likeness (QED) is 0.347. The number of benzene rings is 1. The SMILES string of the molecule is Cn1nc(-c2ccc(Cl)cc2)cc1NC(=O)CSc1nnc(-c2cccs2)n1N. The molecule has 0 bridgehead atoms. The molecular formula is C18H16ClN7OS2. The Labute approximate surface area is 179 Å². The van der Waals surface area contributed by atoms with Crippen molar-refractivity contribution in [1.82, 2.24) is 24.7 Å². The molecule has 0 fully saturated rings. The van der Waals surface area contributed by atoms with E-state index in [1.54, 1.807) is 23.9 Å². The van der Waals surface area contributed by atoms with Crippen LogP contribution in [0.3, 0.4) is 0 Å². The van der Waals surface area contributed by atoms with Gasteiger partial charge in [-0.2, -0.15) is 5.10 Å². The molecule has 4 aromatic rings. The highest BCUT2D eigenvalue weighted by Gasteiger charge is 2.15. The number of aromatic nitrogens is 5. The Morgan fingerprint density at radius 3 is 2.79 bits per heavy atom. The summed E-state index contributed by atoms with van der Waals surface area (Å²) in [6.07, 6.45) is 0. The molecule has 3 heterocycles. The average Bonchev–Trinajstić information content (AvgIpc) is 3.42. The number of aryl methyl sites for hydroxylation is 1. The van der Waals surface area contributed by atoms with Gasteiger partial charge < -0.3 is 11.2 Å². The number of carbonyl (C=O) groups excluding carboxylic acids is 1. The molecule has 8 nitrogen and oxygen atoms in total. The Balaban J connectivity index is 1.40. The van der Waals surface area contributed by atoms with Gasteiger partial charge in [0, 0.05) is 23.7 Å². The van der Waals surface area contributed by atoms with Crippen LogP contribution in [0.15, 0.2) is 53.0 Å². The lowest BCUT2D eigenvalue weighted by Crippen LogP contribution is -2.17. The van der Waals surface area contributed by atoms with E-state index in [0.717, 1.165) is 16.1 Å². The van der Waals surface area contributed by atoms with Crippen molar-refractivity contribution in [3.63, 3.8) is 0 Å². The molecule has 148 valence electrons. The summed E-state index contributed by atoms with van der Waals surface area (Å²) in [5.41, 5.74) is 1.66. The van der Waals surface area contributed by atoms with Crippen LogP contribution in [-0.2, 0) is 11.8 Å². The van der Waals surface area contributed by atoms with Gasteiger partial charge in [0.25, 0.3) is 0 Å². The fraction of sp³-hybridized carbons (Fsp3) is 0.111. The van der Waals surface area contributed by atoms with Crippen LogP contribution in [0.1, 0.15) is 0 Å². The van der Waals surface area contributed by atoms with Gasteiger partial charge >= 0.3 is 0 Å². The third-order valence-electron chi connectivity index (χ3n) is 4.03. The fourth-order valence-corrected chi connectivity index (χ4v) is 4.09. The lowest BCUT2D eigenvalue weighted by atomic mass is 10.1. The van der Waals surface area contributed by atoms with E-state index in [0.29, 0.717) is 21.8 Å². The predicted molar refractivity (Wildman–Crippen MR) is 116 cm³/mol. The number of hydrogen-bond acceptors (Lipinski definition) is 7. The van der Waals surface area contributed by atoms with Crippen molar-refractivity contribution < 1.29 is 4.79 Å². The standard InChI is InChI=1S/C18H16ClN7OS2/c1-25-15(9-13(24-25)11-4-6-12(19)7-5-11)21-16(27)10-29-18-23-22-17(26(18)20)14-3-2-8-28-14/h2-9H,10,20H2,1H3,(H,21,27). The molecule has 0 radical (unpaired) electrons. The van der Waals surface area contributed by atoms with Gasteiger partial charge in [0.15, 0.2) is 5.82 Å². The number of thioether (sulfide) groups is 1. The first-order valence-electron chi connectivity index (χ1n) is 8.48. The van der Waals surface area contributed by atoms with E-state index in [1.165, 1.54) is 27.8 Å². The van der Waals surface area contributed by atoms with Gasteiger partial charge in [-0.15, -0.1) is 21.5 Å². The Hall–Kier alpha value is -2.82. The molecule has 1 aromatic carbocycles. The molecule has 11 heteroatoms. The zero-order valence-corrected chi connectivity index (χ0v) is 17.6. The Bertz CT molecular complexity index is 1140. The molecule has 0 saturated heterocycles. The van der Waals surface area contributed by atoms with E-state index >= 15 is 0 Å². The van der Waals surface area contributed by atoms with Crippen LogP contribution in [0.2, 0.25) is 5.02 Å². The van der Waals surface area contributed by atoms with Crippen LogP contribution in [-0.4, -0.2) is 36.3 Å². The van der Waals surface area contributed by atoms with Gasteiger partial charge in [-0.3, -0.25) is 9.48 Å². The highest BCUT2D eigenvalue weighted by Crippen LogP contribution is 2.26. The Kier molecular flexibility index (Phi) is 5.56. The van der Waals surface area contributed by atoms with E-state index in [4.69, 9.17) is 17.4 Å². The second-order valence-corrected chi connectivity index (χ2v) is 8.36. The molecule has 0 saturated carbocycles. The smallest absolute Gasteiger partial charge is 0.235 e. The van der Waals surface area contributed by atoms with Crippen LogP contribution in [0.4, 0.5) is 5.82 Å². The first-order valence-corrected chi connectivity index (χ1v) is 10.7. The van der Waals surface area contributed by atoms with Gasteiger partial charge in [0.05, 0.1) is 16.3 Å². The van der Waals surface area contributed by atoms with Gasteiger partial charge in [0.2, 0.25) is 11.1 Å². The van der Waals surface area contributed by atoms with E-state index in [9.17, 15) is 4.79 Å². The molecule has 29 heavy (non-hydrogen) atoms. The second-order valence-electron chi connectivity index (χ2n) is 6.04. The summed E-state index contributed by atoms with van der Waals surface area (Å²) < 4.78 is 3.01. The molecule has 0 unspecified atom stereocenters. The third kappa shape index (κ3) is 4.29. The number of carbonyl (C=O) groups is 1. The first kappa shape index (κ1) is 19.5. The summed E-state index contributed by atoms with van der Waals surface area (Å²) in [5, 5.41) is 18.5. The van der Waals surface area contributed by atoms with Crippen LogP contribution < -0.4 is 11.2 Å². The predicted octanol–water partition coefficient (Wildman–Crippen LogP) is 3.51. The minimum Gasteiger partial charge on any atom is -0.335 e. The number of anilines is 1. The zero-order chi connectivity index (χ0) is 20.4. The number of hydrogen-bond donors (Lipinski definition) is 2. The second kappa shape index (κ2) is 8.27. The zero-order valence-electron chi connectivity index (χ0n) is 15.2. The van der Waals surface area contributed by atoms with Crippen LogP contribution >= 0.6 is 34.7 Å². The Morgan fingerprint density at radius 1 is 1.28 bits per heavy atom. The number of nitrogens with zero attached hydrogens (tertiary/aromatic N) is 5.